The highest BCUT2D eigenvalue weighted by Gasteiger charge is 2.10. The van der Waals surface area contributed by atoms with Crippen LogP contribution in [0.15, 0.2) is 129 Å². The van der Waals surface area contributed by atoms with Gasteiger partial charge in [-0.2, -0.15) is 5.26 Å². The maximum atomic E-state index is 11.1. The van der Waals surface area contributed by atoms with Gasteiger partial charge < -0.3 is 28.4 Å². The van der Waals surface area contributed by atoms with Crippen molar-refractivity contribution in [3.63, 3.8) is 0 Å². The van der Waals surface area contributed by atoms with Crippen LogP contribution in [-0.2, 0) is 32.3 Å². The molecule has 0 bridgehead atoms. The van der Waals surface area contributed by atoms with E-state index in [-0.39, 0.29) is 25.2 Å². The monoisotopic (exact) mass is 837 g/mol. The molecule has 0 amide bonds. The van der Waals surface area contributed by atoms with Crippen molar-refractivity contribution in [2.45, 2.75) is 77.4 Å². The number of ether oxygens (including phenoxy) is 6. The van der Waals surface area contributed by atoms with Crippen molar-refractivity contribution in [3.05, 3.63) is 145 Å². The fourth-order valence-electron chi connectivity index (χ4n) is 6.25. The lowest BCUT2D eigenvalue weighted by Gasteiger charge is -2.14. The number of nitriles is 1. The number of hydrogen-bond acceptors (Lipinski definition) is 11. The number of carbonyl (C=O) groups is 2. The van der Waals surface area contributed by atoms with Crippen molar-refractivity contribution in [1.29, 1.82) is 5.26 Å². The Kier molecular flexibility index (Phi) is 19.6. The minimum absolute atomic E-state index is 0.242. The number of hydrogen-bond donors (Lipinski definition) is 0. The van der Waals surface area contributed by atoms with Crippen LogP contribution in [0.4, 0.5) is 0 Å². The molecule has 11 heteroatoms. The van der Waals surface area contributed by atoms with E-state index in [1.165, 1.54) is 12.2 Å². The Labute approximate surface area is 365 Å². The average Bonchev–Trinajstić information content (AvgIpc) is 3.32. The highest BCUT2D eigenvalue weighted by Crippen LogP contribution is 2.31. The van der Waals surface area contributed by atoms with Gasteiger partial charge in [-0.1, -0.05) is 63.8 Å². The molecule has 0 aliphatic rings. The largest absolute Gasteiger partial charge is 0.494 e. The summed E-state index contributed by atoms with van der Waals surface area (Å²) >= 11 is 0. The van der Waals surface area contributed by atoms with Gasteiger partial charge in [-0.25, -0.2) is 9.59 Å². The van der Waals surface area contributed by atoms with E-state index in [4.69, 9.17) is 28.4 Å². The molecular formula is C51H55N3O8. The third-order valence-electron chi connectivity index (χ3n) is 9.75. The lowest BCUT2D eigenvalue weighted by molar-refractivity contribution is -0.138. The van der Waals surface area contributed by atoms with E-state index in [0.29, 0.717) is 43.5 Å². The molecule has 5 rings (SSSR count). The molecule has 2 aromatic heterocycles. The summed E-state index contributed by atoms with van der Waals surface area (Å²) in [6, 6.07) is 31.0. The van der Waals surface area contributed by atoms with E-state index < -0.39 is 0 Å². The number of nitrogens with zero attached hydrogens (tertiary/aromatic N) is 3. The molecule has 0 unspecified atom stereocenters. The van der Waals surface area contributed by atoms with Gasteiger partial charge in [0.1, 0.15) is 24.7 Å². The van der Waals surface area contributed by atoms with Gasteiger partial charge in [0.05, 0.1) is 49.4 Å². The maximum Gasteiger partial charge on any atom is 0.330 e. The zero-order valence-electron chi connectivity index (χ0n) is 35.3. The summed E-state index contributed by atoms with van der Waals surface area (Å²) in [5.74, 6) is 1.87. The van der Waals surface area contributed by atoms with Crippen LogP contribution in [0, 0.1) is 11.3 Å². The number of rotatable bonds is 28. The molecule has 0 saturated heterocycles. The average molecular weight is 838 g/mol. The first-order valence-electron chi connectivity index (χ1n) is 21.2. The van der Waals surface area contributed by atoms with Crippen LogP contribution in [0.2, 0.25) is 0 Å². The summed E-state index contributed by atoms with van der Waals surface area (Å²) in [6.45, 7) is 9.46. The number of aromatic nitrogens is 2. The highest BCUT2D eigenvalue weighted by atomic mass is 16.5. The van der Waals surface area contributed by atoms with E-state index in [1.54, 1.807) is 30.6 Å². The molecule has 62 heavy (non-hydrogen) atoms. The van der Waals surface area contributed by atoms with Crippen molar-refractivity contribution in [1.82, 2.24) is 9.97 Å². The molecular weight excluding hydrogens is 783 g/mol. The molecule has 0 N–H and O–H groups in total. The molecule has 3 aromatic carbocycles. The zero-order chi connectivity index (χ0) is 43.6. The maximum absolute atomic E-state index is 11.1. The zero-order valence-corrected chi connectivity index (χ0v) is 35.3. The SMILES string of the molecule is C=CC(=O)OCCCCCCCOc1ccc(-c2ccc(COc3ccc(C#N)cc3OCc3ccc(-c4ccc(OCCCCCCCOC(=O)C=C)cc4)nc3)cn2)cc1. The lowest BCUT2D eigenvalue weighted by atomic mass is 10.1. The minimum atomic E-state index is -0.372. The summed E-state index contributed by atoms with van der Waals surface area (Å²) in [5.41, 5.74) is 5.84. The molecule has 0 aliphatic heterocycles. The standard InChI is InChI=1S/C51H55N3O8/c1-3-50(55)59-31-13-9-5-7-11-29-57-44-22-18-42(19-23-44)46-26-15-40(35-53-46)37-61-48-28-17-39(34-52)33-49(48)62-38-41-16-27-47(54-36-41)43-20-24-45(25-21-43)58-30-12-8-6-10-14-32-60-51(56)4-2/h3-4,15-28,33,35-36H,1-2,5-14,29-32,37-38H2. The number of pyridine rings is 2. The first-order valence-corrected chi connectivity index (χ1v) is 21.2. The smallest absolute Gasteiger partial charge is 0.330 e. The normalized spacial score (nSPS) is 10.6. The third-order valence-corrected chi connectivity index (χ3v) is 9.75. The van der Waals surface area contributed by atoms with Crippen LogP contribution in [0.1, 0.15) is 80.9 Å². The van der Waals surface area contributed by atoms with Crippen LogP contribution in [0.3, 0.4) is 0 Å². The van der Waals surface area contributed by atoms with Crippen LogP contribution in [-0.4, -0.2) is 48.3 Å². The molecule has 11 nitrogen and oxygen atoms in total. The molecule has 322 valence electrons. The molecule has 5 aromatic rings. The summed E-state index contributed by atoms with van der Waals surface area (Å²) < 4.78 is 34.2. The fourth-order valence-corrected chi connectivity index (χ4v) is 6.25. The number of esters is 2. The van der Waals surface area contributed by atoms with Crippen molar-refractivity contribution in [2.24, 2.45) is 0 Å². The predicted octanol–water partition coefficient (Wildman–Crippen LogP) is 11.0. The van der Waals surface area contributed by atoms with Gasteiger partial charge >= 0.3 is 11.9 Å². The van der Waals surface area contributed by atoms with Crippen LogP contribution in [0.5, 0.6) is 23.0 Å². The van der Waals surface area contributed by atoms with Gasteiger partial charge in [0, 0.05) is 52.9 Å². The summed E-state index contributed by atoms with van der Waals surface area (Å²) in [7, 11) is 0. The third kappa shape index (κ3) is 16.3. The van der Waals surface area contributed by atoms with Gasteiger partial charge in [-0.05, 0) is 98.5 Å². The van der Waals surface area contributed by atoms with E-state index in [1.807, 2.05) is 72.8 Å². The van der Waals surface area contributed by atoms with Crippen LogP contribution >= 0.6 is 0 Å². The predicted molar refractivity (Wildman–Crippen MR) is 239 cm³/mol. The summed E-state index contributed by atoms with van der Waals surface area (Å²) in [4.78, 5) is 31.5. The van der Waals surface area contributed by atoms with Crippen molar-refractivity contribution >= 4 is 11.9 Å². The molecule has 2 heterocycles. The first-order chi connectivity index (χ1) is 30.4. The van der Waals surface area contributed by atoms with Crippen molar-refractivity contribution in [3.8, 4) is 51.6 Å². The Morgan fingerprint density at radius 1 is 0.516 bits per heavy atom. The topological polar surface area (TPSA) is 139 Å². The Bertz CT molecular complexity index is 2180. The molecule has 0 radical (unpaired) electrons. The Balaban J connectivity index is 1.02. The van der Waals surface area contributed by atoms with Gasteiger partial charge in [0.25, 0.3) is 0 Å². The molecule has 0 saturated carbocycles. The Morgan fingerprint density at radius 3 is 1.37 bits per heavy atom. The van der Waals surface area contributed by atoms with Crippen molar-refractivity contribution < 1.29 is 38.0 Å². The van der Waals surface area contributed by atoms with E-state index in [9.17, 15) is 14.9 Å². The van der Waals surface area contributed by atoms with E-state index in [2.05, 4.69) is 29.2 Å². The second-order valence-corrected chi connectivity index (χ2v) is 14.5. The van der Waals surface area contributed by atoms with Gasteiger partial charge in [-0.3, -0.25) is 9.97 Å². The number of carbonyl (C=O) groups excluding carboxylic acids is 2. The lowest BCUT2D eigenvalue weighted by Crippen LogP contribution is -2.02. The second-order valence-electron chi connectivity index (χ2n) is 14.5. The number of benzene rings is 3. The van der Waals surface area contributed by atoms with Gasteiger partial charge in [0.2, 0.25) is 0 Å². The molecule has 0 fully saturated rings. The van der Waals surface area contributed by atoms with Gasteiger partial charge in [-0.15, -0.1) is 0 Å². The highest BCUT2D eigenvalue weighted by molar-refractivity contribution is 5.81. The van der Waals surface area contributed by atoms with Crippen LogP contribution < -0.4 is 18.9 Å². The Hall–Kier alpha value is -6.93. The van der Waals surface area contributed by atoms with Crippen LogP contribution in [0.25, 0.3) is 22.5 Å². The van der Waals surface area contributed by atoms with Crippen molar-refractivity contribution in [2.75, 3.05) is 26.4 Å². The minimum Gasteiger partial charge on any atom is -0.494 e. The molecule has 0 atom stereocenters. The molecule has 0 aliphatic carbocycles. The molecule has 0 spiro atoms. The van der Waals surface area contributed by atoms with E-state index >= 15 is 0 Å². The first kappa shape index (κ1) is 46.1. The fraction of sp³-hybridized carbons (Fsp3) is 0.314. The quantitative estimate of drug-likeness (QED) is 0.0270. The van der Waals surface area contributed by atoms with E-state index in [0.717, 1.165) is 109 Å². The summed E-state index contributed by atoms with van der Waals surface area (Å²) in [6.07, 6.45) is 15.8. The summed E-state index contributed by atoms with van der Waals surface area (Å²) in [5, 5.41) is 9.55. The second kappa shape index (κ2) is 26.3. The Morgan fingerprint density at radius 2 is 0.952 bits per heavy atom. The van der Waals surface area contributed by atoms with Gasteiger partial charge in [0.15, 0.2) is 11.5 Å². The number of unbranched alkanes of at least 4 members (excludes halogenated alkanes) is 8.